The number of benzene rings is 1. The molecule has 3 unspecified atom stereocenters. The maximum Gasteiger partial charge on any atom is 0.328 e. The van der Waals surface area contributed by atoms with E-state index in [0.29, 0.717) is 18.1 Å². The van der Waals surface area contributed by atoms with E-state index in [2.05, 4.69) is 0 Å². The van der Waals surface area contributed by atoms with E-state index in [1.165, 1.54) is 6.42 Å². The number of nitrogens with zero attached hydrogens (tertiary/aromatic N) is 1. The molecule has 3 atom stereocenters. The monoisotopic (exact) mass is 315 g/mol. The molecule has 1 amide bonds. The van der Waals surface area contributed by atoms with E-state index in [-0.39, 0.29) is 17.9 Å². The Morgan fingerprint density at radius 1 is 1.17 bits per heavy atom. The fraction of sp³-hybridized carbons (Fsp3) is 0.579. The molecule has 2 aliphatic rings. The second-order valence-corrected chi connectivity index (χ2v) is 6.61. The summed E-state index contributed by atoms with van der Waals surface area (Å²) < 4.78 is 5.36. The Bertz CT molecular complexity index is 557. The van der Waals surface area contributed by atoms with Crippen LogP contribution in [0, 0.1) is 5.92 Å². The van der Waals surface area contributed by atoms with Crippen LogP contribution in [0.25, 0.3) is 0 Å². The van der Waals surface area contributed by atoms with Gasteiger partial charge in [-0.3, -0.25) is 4.79 Å². The van der Waals surface area contributed by atoms with Crippen molar-refractivity contribution in [3.63, 3.8) is 0 Å². The average Bonchev–Trinajstić information content (AvgIpc) is 2.99. The van der Waals surface area contributed by atoms with Crippen LogP contribution >= 0.6 is 0 Å². The first-order valence-corrected chi connectivity index (χ1v) is 8.76. The van der Waals surface area contributed by atoms with Gasteiger partial charge in [0.15, 0.2) is 0 Å². The minimum atomic E-state index is -0.414. The summed E-state index contributed by atoms with van der Waals surface area (Å²) in [5.74, 6) is 0.180. The molecule has 23 heavy (non-hydrogen) atoms. The molecule has 0 aromatic heterocycles. The number of hydrogen-bond acceptors (Lipinski definition) is 3. The molecule has 1 aromatic rings. The highest BCUT2D eigenvalue weighted by Gasteiger charge is 2.48. The van der Waals surface area contributed by atoms with Crippen molar-refractivity contribution in [3.8, 4) is 0 Å². The summed E-state index contributed by atoms with van der Waals surface area (Å²) in [5, 5.41) is 0. The molecular formula is C19H25NO3. The third-order valence-corrected chi connectivity index (χ3v) is 5.06. The van der Waals surface area contributed by atoms with Crippen molar-refractivity contribution in [1.29, 1.82) is 0 Å². The summed E-state index contributed by atoms with van der Waals surface area (Å²) in [4.78, 5) is 27.3. The largest absolute Gasteiger partial charge is 0.464 e. The molecule has 0 bridgehead atoms. The standard InChI is InChI=1S/C19H25NO3/c1-2-12-23-19(22)17-13-15-10-6-7-11-16(15)20(17)18(21)14-8-4-3-5-9-14/h3-5,8-9,15-17H,2,6-7,10-13H2,1H3. The van der Waals surface area contributed by atoms with Gasteiger partial charge in [0.2, 0.25) is 0 Å². The van der Waals surface area contributed by atoms with E-state index in [9.17, 15) is 9.59 Å². The summed E-state index contributed by atoms with van der Waals surface area (Å²) in [5.41, 5.74) is 0.659. The van der Waals surface area contributed by atoms with Crippen LogP contribution in [0.15, 0.2) is 30.3 Å². The third-order valence-electron chi connectivity index (χ3n) is 5.06. The molecule has 0 N–H and O–H groups in total. The van der Waals surface area contributed by atoms with E-state index >= 15 is 0 Å². The van der Waals surface area contributed by atoms with Crippen LogP contribution in [0.1, 0.15) is 55.8 Å². The lowest BCUT2D eigenvalue weighted by atomic mass is 9.84. The highest BCUT2D eigenvalue weighted by molar-refractivity contribution is 5.97. The number of carbonyl (C=O) groups excluding carboxylic acids is 2. The summed E-state index contributed by atoms with van der Waals surface area (Å²) >= 11 is 0. The molecule has 124 valence electrons. The number of fused-ring (bicyclic) bond motifs is 1. The maximum atomic E-state index is 13.0. The highest BCUT2D eigenvalue weighted by atomic mass is 16.5. The second kappa shape index (κ2) is 7.16. The molecule has 1 aromatic carbocycles. The highest BCUT2D eigenvalue weighted by Crippen LogP contribution is 2.40. The third kappa shape index (κ3) is 3.26. The lowest BCUT2D eigenvalue weighted by molar-refractivity contribution is -0.148. The number of rotatable bonds is 4. The summed E-state index contributed by atoms with van der Waals surface area (Å²) in [6.07, 6.45) is 6.01. The molecule has 1 saturated carbocycles. The average molecular weight is 315 g/mol. The van der Waals surface area contributed by atoms with Gasteiger partial charge in [-0.05, 0) is 43.7 Å². The lowest BCUT2D eigenvalue weighted by Crippen LogP contribution is -2.46. The smallest absolute Gasteiger partial charge is 0.328 e. The van der Waals surface area contributed by atoms with Crippen LogP contribution in [-0.2, 0) is 9.53 Å². The maximum absolute atomic E-state index is 13.0. The fourth-order valence-corrected chi connectivity index (χ4v) is 3.99. The van der Waals surface area contributed by atoms with Gasteiger partial charge in [-0.15, -0.1) is 0 Å². The van der Waals surface area contributed by atoms with Crippen molar-refractivity contribution in [2.75, 3.05) is 6.61 Å². The molecule has 1 aliphatic carbocycles. The minimum absolute atomic E-state index is 0.0292. The van der Waals surface area contributed by atoms with Crippen LogP contribution in [0.4, 0.5) is 0 Å². The number of hydrogen-bond donors (Lipinski definition) is 0. The van der Waals surface area contributed by atoms with Crippen LogP contribution < -0.4 is 0 Å². The van der Waals surface area contributed by atoms with Crippen LogP contribution in [-0.4, -0.2) is 35.5 Å². The van der Waals surface area contributed by atoms with Crippen molar-refractivity contribution in [3.05, 3.63) is 35.9 Å². The predicted molar refractivity (Wildman–Crippen MR) is 88.0 cm³/mol. The second-order valence-electron chi connectivity index (χ2n) is 6.61. The van der Waals surface area contributed by atoms with Gasteiger partial charge >= 0.3 is 5.97 Å². The normalized spacial score (nSPS) is 26.7. The van der Waals surface area contributed by atoms with E-state index < -0.39 is 6.04 Å². The Hall–Kier alpha value is -1.84. The van der Waals surface area contributed by atoms with E-state index in [1.807, 2.05) is 42.2 Å². The Balaban J connectivity index is 1.85. The van der Waals surface area contributed by atoms with Gasteiger partial charge in [0.1, 0.15) is 6.04 Å². The van der Waals surface area contributed by atoms with Crippen molar-refractivity contribution in [1.82, 2.24) is 4.90 Å². The van der Waals surface area contributed by atoms with E-state index in [1.54, 1.807) is 0 Å². The predicted octanol–water partition coefficient (Wildman–Crippen LogP) is 3.41. The first kappa shape index (κ1) is 16.0. The Morgan fingerprint density at radius 3 is 2.65 bits per heavy atom. The van der Waals surface area contributed by atoms with Crippen LogP contribution in [0.3, 0.4) is 0 Å². The number of carbonyl (C=O) groups is 2. The van der Waals surface area contributed by atoms with Gasteiger partial charge in [-0.1, -0.05) is 38.0 Å². The van der Waals surface area contributed by atoms with E-state index in [0.717, 1.165) is 32.1 Å². The molecule has 1 saturated heterocycles. The molecule has 1 aliphatic heterocycles. The van der Waals surface area contributed by atoms with Gasteiger partial charge < -0.3 is 9.64 Å². The van der Waals surface area contributed by atoms with Gasteiger partial charge in [-0.2, -0.15) is 0 Å². The minimum Gasteiger partial charge on any atom is -0.464 e. The Kier molecular flexibility index (Phi) is 4.99. The van der Waals surface area contributed by atoms with Gasteiger partial charge in [0.05, 0.1) is 6.61 Å². The first-order valence-electron chi connectivity index (χ1n) is 8.76. The molecule has 4 nitrogen and oxygen atoms in total. The topological polar surface area (TPSA) is 46.6 Å². The molecule has 1 heterocycles. The first-order chi connectivity index (χ1) is 11.2. The quantitative estimate of drug-likeness (QED) is 0.800. The van der Waals surface area contributed by atoms with E-state index in [4.69, 9.17) is 4.74 Å². The zero-order valence-electron chi connectivity index (χ0n) is 13.7. The van der Waals surface area contributed by atoms with Crippen molar-refractivity contribution < 1.29 is 14.3 Å². The summed E-state index contributed by atoms with van der Waals surface area (Å²) in [6.45, 7) is 2.41. The van der Waals surface area contributed by atoms with Crippen molar-refractivity contribution in [2.45, 2.75) is 57.5 Å². The number of esters is 1. The van der Waals surface area contributed by atoms with Gasteiger partial charge in [-0.25, -0.2) is 4.79 Å². The van der Waals surface area contributed by atoms with Gasteiger partial charge in [0, 0.05) is 11.6 Å². The van der Waals surface area contributed by atoms with Crippen LogP contribution in [0.5, 0.6) is 0 Å². The zero-order chi connectivity index (χ0) is 16.2. The molecule has 4 heteroatoms. The van der Waals surface area contributed by atoms with Crippen LogP contribution in [0.2, 0.25) is 0 Å². The molecule has 2 fully saturated rings. The summed E-state index contributed by atoms with van der Waals surface area (Å²) in [6, 6.07) is 9.06. The Morgan fingerprint density at radius 2 is 1.91 bits per heavy atom. The van der Waals surface area contributed by atoms with Gasteiger partial charge in [0.25, 0.3) is 5.91 Å². The SMILES string of the molecule is CCCOC(=O)C1CC2CCCCC2N1C(=O)c1ccccc1. The van der Waals surface area contributed by atoms with Crippen molar-refractivity contribution in [2.24, 2.45) is 5.92 Å². The van der Waals surface area contributed by atoms with Crippen molar-refractivity contribution >= 4 is 11.9 Å². The zero-order valence-corrected chi connectivity index (χ0v) is 13.7. The molecule has 3 rings (SSSR count). The Labute approximate surface area is 137 Å². The molecule has 0 spiro atoms. The fourth-order valence-electron chi connectivity index (χ4n) is 3.99. The molecular weight excluding hydrogens is 290 g/mol. The molecule has 0 radical (unpaired) electrons. The number of amides is 1. The number of likely N-dealkylation sites (tertiary alicyclic amines) is 1. The summed E-state index contributed by atoms with van der Waals surface area (Å²) in [7, 11) is 0. The lowest BCUT2D eigenvalue weighted by Gasteiger charge is -2.33. The number of ether oxygens (including phenoxy) is 1.